The summed E-state index contributed by atoms with van der Waals surface area (Å²) in [4.78, 5) is 19.4. The first kappa shape index (κ1) is 23.0. The molecule has 0 bridgehead atoms. The molecule has 1 aromatic carbocycles. The van der Waals surface area contributed by atoms with Crippen molar-refractivity contribution in [2.24, 2.45) is 5.92 Å². The van der Waals surface area contributed by atoms with Crippen LogP contribution in [0, 0.1) is 12.8 Å². The van der Waals surface area contributed by atoms with Crippen molar-refractivity contribution in [2.45, 2.75) is 32.2 Å². The minimum Gasteiger partial charge on any atom is -0.384 e. The Morgan fingerprint density at radius 2 is 1.97 bits per heavy atom. The van der Waals surface area contributed by atoms with Crippen molar-refractivity contribution in [1.29, 1.82) is 0 Å². The summed E-state index contributed by atoms with van der Waals surface area (Å²) >= 11 is 6.16. The fourth-order valence-corrected chi connectivity index (χ4v) is 6.36. The lowest BCUT2D eigenvalue weighted by Crippen LogP contribution is -2.43. The van der Waals surface area contributed by atoms with Crippen LogP contribution in [0.5, 0.6) is 0 Å². The molecule has 0 spiro atoms. The molecule has 2 saturated heterocycles. The lowest BCUT2D eigenvalue weighted by Gasteiger charge is -2.35. The molecule has 1 aromatic heterocycles. The summed E-state index contributed by atoms with van der Waals surface area (Å²) in [7, 11) is -2.85. The van der Waals surface area contributed by atoms with E-state index in [1.54, 1.807) is 24.4 Å². The third-order valence-electron chi connectivity index (χ3n) is 6.33. The van der Waals surface area contributed by atoms with Crippen LogP contribution in [0.1, 0.15) is 35.2 Å². The quantitative estimate of drug-likeness (QED) is 0.661. The number of pyridine rings is 1. The number of carbonyl (C=O) groups excluding carboxylic acids is 1. The highest BCUT2D eigenvalue weighted by molar-refractivity contribution is 7.91. The number of nitrogens with one attached hydrogen (secondary N) is 2. The number of hydrogen-bond donors (Lipinski definition) is 2. The van der Waals surface area contributed by atoms with Crippen LogP contribution in [-0.4, -0.2) is 61.4 Å². The molecule has 9 heteroatoms. The number of benzene rings is 1. The van der Waals surface area contributed by atoms with Crippen molar-refractivity contribution in [3.8, 4) is 0 Å². The summed E-state index contributed by atoms with van der Waals surface area (Å²) in [5.41, 5.74) is 2.24. The summed E-state index contributed by atoms with van der Waals surface area (Å²) in [6.45, 7) is 4.53. The highest BCUT2D eigenvalue weighted by atomic mass is 35.5. The average molecular weight is 477 g/mol. The summed E-state index contributed by atoms with van der Waals surface area (Å²) in [5.74, 6) is 1.32. The zero-order valence-corrected chi connectivity index (χ0v) is 19.8. The highest BCUT2D eigenvalue weighted by Gasteiger charge is 2.34. The summed E-state index contributed by atoms with van der Waals surface area (Å²) in [6, 6.07) is 9.11. The Balaban J connectivity index is 1.34. The Hall–Kier alpha value is -2.16. The first-order valence-electron chi connectivity index (χ1n) is 11.0. The number of nitrogens with zero attached hydrogens (tertiary/aromatic N) is 2. The number of anilines is 2. The molecule has 2 aliphatic rings. The number of halogens is 1. The van der Waals surface area contributed by atoms with Gasteiger partial charge in [0.25, 0.3) is 5.91 Å². The van der Waals surface area contributed by atoms with Gasteiger partial charge in [-0.25, -0.2) is 13.4 Å². The van der Waals surface area contributed by atoms with Gasteiger partial charge >= 0.3 is 0 Å². The molecule has 2 fully saturated rings. The first-order valence-corrected chi connectivity index (χ1v) is 13.2. The van der Waals surface area contributed by atoms with Crippen molar-refractivity contribution < 1.29 is 13.2 Å². The van der Waals surface area contributed by atoms with E-state index in [1.165, 1.54) is 0 Å². The Kier molecular flexibility index (Phi) is 7.02. The van der Waals surface area contributed by atoms with Gasteiger partial charge in [-0.15, -0.1) is 0 Å². The van der Waals surface area contributed by atoms with E-state index in [4.69, 9.17) is 11.6 Å². The molecular weight excluding hydrogens is 448 g/mol. The number of rotatable bonds is 6. The van der Waals surface area contributed by atoms with Gasteiger partial charge in [0, 0.05) is 29.5 Å². The highest BCUT2D eigenvalue weighted by Crippen LogP contribution is 2.26. The third-order valence-corrected chi connectivity index (χ3v) is 8.32. The van der Waals surface area contributed by atoms with Crippen molar-refractivity contribution in [3.63, 3.8) is 0 Å². The number of sulfone groups is 1. The van der Waals surface area contributed by atoms with E-state index in [0.717, 1.165) is 50.1 Å². The fraction of sp³-hybridized carbons (Fsp3) is 0.478. The third kappa shape index (κ3) is 5.79. The summed E-state index contributed by atoms with van der Waals surface area (Å²) < 4.78 is 23.5. The molecule has 4 rings (SSSR count). The molecule has 0 aliphatic carbocycles. The second-order valence-electron chi connectivity index (χ2n) is 8.78. The van der Waals surface area contributed by atoms with Crippen LogP contribution in [0.3, 0.4) is 0 Å². The SMILES string of the molecule is Cc1ccc(NC(=O)c2cc(Cl)ccc2NCC2CCN(C3CCS(=O)(=O)C3)CC2)nc1. The normalized spacial score (nSPS) is 21.4. The van der Waals surface area contributed by atoms with E-state index >= 15 is 0 Å². The monoisotopic (exact) mass is 476 g/mol. The second kappa shape index (κ2) is 9.77. The minimum absolute atomic E-state index is 0.177. The van der Waals surface area contributed by atoms with Gasteiger partial charge in [0.05, 0.1) is 17.1 Å². The molecule has 3 heterocycles. The van der Waals surface area contributed by atoms with Crippen LogP contribution in [0.2, 0.25) is 5.02 Å². The summed E-state index contributed by atoms with van der Waals surface area (Å²) in [5, 5.41) is 6.76. The van der Waals surface area contributed by atoms with Crippen LogP contribution < -0.4 is 10.6 Å². The van der Waals surface area contributed by atoms with E-state index < -0.39 is 9.84 Å². The molecule has 2 aromatic rings. The standard InChI is InChI=1S/C23H29ClN4O3S/c1-16-2-5-22(26-13-16)27-23(29)20-12-18(24)3-4-21(20)25-14-17-6-9-28(10-7-17)19-8-11-32(30,31)15-19/h2-5,12-13,17,19,25H,6-11,14-15H2,1H3,(H,26,27,29). The number of piperidine rings is 1. The van der Waals surface area contributed by atoms with E-state index in [2.05, 4.69) is 20.5 Å². The van der Waals surface area contributed by atoms with Crippen molar-refractivity contribution in [3.05, 3.63) is 52.7 Å². The molecule has 32 heavy (non-hydrogen) atoms. The molecule has 1 amide bonds. The van der Waals surface area contributed by atoms with Crippen LogP contribution in [-0.2, 0) is 9.84 Å². The molecule has 0 saturated carbocycles. The molecule has 172 valence electrons. The van der Waals surface area contributed by atoms with E-state index in [-0.39, 0.29) is 11.9 Å². The van der Waals surface area contributed by atoms with E-state index in [0.29, 0.717) is 33.8 Å². The topological polar surface area (TPSA) is 91.4 Å². The number of aromatic nitrogens is 1. The zero-order chi connectivity index (χ0) is 22.7. The second-order valence-corrected chi connectivity index (χ2v) is 11.4. The van der Waals surface area contributed by atoms with Gasteiger partial charge in [-0.3, -0.25) is 9.69 Å². The van der Waals surface area contributed by atoms with E-state index in [9.17, 15) is 13.2 Å². The Labute approximate surface area is 194 Å². The lowest BCUT2D eigenvalue weighted by molar-refractivity contribution is 0.102. The van der Waals surface area contributed by atoms with Crippen molar-refractivity contribution in [1.82, 2.24) is 9.88 Å². The average Bonchev–Trinajstić information content (AvgIpc) is 3.14. The van der Waals surface area contributed by atoms with Gasteiger partial charge in [0.1, 0.15) is 5.82 Å². The molecule has 2 aliphatic heterocycles. The first-order chi connectivity index (χ1) is 15.3. The van der Waals surface area contributed by atoms with Crippen LogP contribution in [0.15, 0.2) is 36.5 Å². The Bertz CT molecular complexity index is 1070. The van der Waals surface area contributed by atoms with Crippen LogP contribution in [0.4, 0.5) is 11.5 Å². The number of hydrogen-bond acceptors (Lipinski definition) is 6. The predicted molar refractivity (Wildman–Crippen MR) is 128 cm³/mol. The number of aryl methyl sites for hydroxylation is 1. The van der Waals surface area contributed by atoms with Crippen molar-refractivity contribution in [2.75, 3.05) is 41.8 Å². The smallest absolute Gasteiger partial charge is 0.258 e. The van der Waals surface area contributed by atoms with Gasteiger partial charge in [-0.05, 0) is 75.0 Å². The maximum Gasteiger partial charge on any atom is 0.258 e. The fourth-order valence-electron chi connectivity index (χ4n) is 4.42. The Morgan fingerprint density at radius 3 is 2.62 bits per heavy atom. The molecule has 0 radical (unpaired) electrons. The lowest BCUT2D eigenvalue weighted by atomic mass is 9.95. The van der Waals surface area contributed by atoms with Gasteiger partial charge in [-0.1, -0.05) is 17.7 Å². The van der Waals surface area contributed by atoms with Gasteiger partial charge in [0.15, 0.2) is 9.84 Å². The molecular formula is C23H29ClN4O3S. The van der Waals surface area contributed by atoms with E-state index in [1.807, 2.05) is 19.1 Å². The number of carbonyl (C=O) groups is 1. The molecule has 7 nitrogen and oxygen atoms in total. The number of amides is 1. The van der Waals surface area contributed by atoms with Gasteiger partial charge in [-0.2, -0.15) is 0 Å². The zero-order valence-electron chi connectivity index (χ0n) is 18.2. The molecule has 1 unspecified atom stereocenters. The number of likely N-dealkylation sites (tertiary alicyclic amines) is 1. The van der Waals surface area contributed by atoms with Gasteiger partial charge in [0.2, 0.25) is 0 Å². The van der Waals surface area contributed by atoms with Gasteiger partial charge < -0.3 is 10.6 Å². The predicted octanol–water partition coefficient (Wildman–Crippen LogP) is 3.61. The Morgan fingerprint density at radius 1 is 1.19 bits per heavy atom. The maximum absolute atomic E-state index is 12.9. The van der Waals surface area contributed by atoms with Crippen LogP contribution in [0.25, 0.3) is 0 Å². The summed E-state index contributed by atoms with van der Waals surface area (Å²) in [6.07, 6.45) is 4.47. The largest absolute Gasteiger partial charge is 0.384 e. The minimum atomic E-state index is -2.85. The molecule has 1 atom stereocenters. The molecule has 2 N–H and O–H groups in total. The van der Waals surface area contributed by atoms with Crippen molar-refractivity contribution >= 4 is 38.9 Å². The van der Waals surface area contributed by atoms with Crippen LogP contribution >= 0.6 is 11.6 Å². The maximum atomic E-state index is 12.9.